The number of carbonyl (C=O) groups excluding carboxylic acids is 1. The zero-order valence-corrected chi connectivity index (χ0v) is 17.6. The van der Waals surface area contributed by atoms with Gasteiger partial charge in [-0.05, 0) is 48.5 Å². The quantitative estimate of drug-likeness (QED) is 0.595. The van der Waals surface area contributed by atoms with Crippen molar-refractivity contribution in [3.63, 3.8) is 0 Å². The van der Waals surface area contributed by atoms with Gasteiger partial charge in [0.2, 0.25) is 0 Å². The lowest BCUT2D eigenvalue weighted by atomic mass is 9.93. The molecule has 4 rings (SSSR count). The number of carboxylic acid groups (broad SMARTS) is 1. The fourth-order valence-corrected chi connectivity index (χ4v) is 4.95. The molecule has 0 radical (unpaired) electrons. The summed E-state index contributed by atoms with van der Waals surface area (Å²) in [5.41, 5.74) is 0.314. The van der Waals surface area contributed by atoms with Crippen LogP contribution in [0.5, 0.6) is 5.75 Å². The van der Waals surface area contributed by atoms with Gasteiger partial charge in [-0.15, -0.1) is 0 Å². The molecule has 1 fully saturated rings. The Morgan fingerprint density at radius 3 is 2.79 bits per heavy atom. The largest absolute Gasteiger partial charge is 0.465 e. The van der Waals surface area contributed by atoms with Gasteiger partial charge in [0, 0.05) is 30.3 Å². The van der Waals surface area contributed by atoms with Crippen molar-refractivity contribution in [3.8, 4) is 5.75 Å². The van der Waals surface area contributed by atoms with E-state index in [1.807, 2.05) is 0 Å². The number of nitrogens with zero attached hydrogens (tertiary/aromatic N) is 2. The van der Waals surface area contributed by atoms with Crippen molar-refractivity contribution >= 4 is 34.6 Å². The number of benzene rings is 1. The maximum absolute atomic E-state index is 14.9. The number of thioether (sulfide) groups is 1. The molecule has 2 aromatic rings. The summed E-state index contributed by atoms with van der Waals surface area (Å²) in [5.74, 6) is -1.64. The molecule has 0 saturated carbocycles. The number of aromatic nitrogens is 1. The summed E-state index contributed by atoms with van der Waals surface area (Å²) in [6, 6.07) is 6.32. The number of hydrogen-bond acceptors (Lipinski definition) is 7. The number of rotatable bonds is 5. The van der Waals surface area contributed by atoms with Crippen LogP contribution in [0.1, 0.15) is 22.5 Å². The van der Waals surface area contributed by atoms with E-state index in [1.54, 1.807) is 0 Å². The van der Waals surface area contributed by atoms with E-state index in [1.165, 1.54) is 30.3 Å². The number of alkyl halides is 2. The molecule has 2 aliphatic heterocycles. The van der Waals surface area contributed by atoms with Gasteiger partial charge in [-0.1, -0.05) is 0 Å². The minimum absolute atomic E-state index is 0.0669. The van der Waals surface area contributed by atoms with Crippen molar-refractivity contribution in [3.05, 3.63) is 53.6 Å². The van der Waals surface area contributed by atoms with Gasteiger partial charge in [-0.2, -0.15) is 8.78 Å². The van der Waals surface area contributed by atoms with Crippen LogP contribution in [0.25, 0.3) is 0 Å². The molecule has 3 N–H and O–H groups in total. The van der Waals surface area contributed by atoms with E-state index in [0.717, 1.165) is 18.0 Å². The Balaban J connectivity index is 1.57. The number of fused-ring (bicyclic) bond motifs is 1. The van der Waals surface area contributed by atoms with E-state index in [0.29, 0.717) is 13.0 Å². The molecule has 0 spiro atoms. The first-order valence-corrected chi connectivity index (χ1v) is 10.5. The van der Waals surface area contributed by atoms with Crippen LogP contribution in [-0.2, 0) is 9.67 Å². The molecule has 1 aromatic carbocycles. The molecule has 2 amide bonds. The average Bonchev–Trinajstić information content (AvgIpc) is 3.19. The number of carbonyl (C=O) groups is 2. The molecule has 0 unspecified atom stereocenters. The Hall–Kier alpha value is -3.32. The van der Waals surface area contributed by atoms with Crippen molar-refractivity contribution in [1.29, 1.82) is 0 Å². The Kier molecular flexibility index (Phi) is 6.42. The van der Waals surface area contributed by atoms with Crippen LogP contribution in [0.15, 0.2) is 41.5 Å². The second-order valence-electron chi connectivity index (χ2n) is 7.09. The maximum Gasteiger partial charge on any atom is 0.410 e. The summed E-state index contributed by atoms with van der Waals surface area (Å²) < 4.78 is 49.6. The van der Waals surface area contributed by atoms with Crippen molar-refractivity contribution in [1.82, 2.24) is 10.3 Å². The van der Waals surface area contributed by atoms with E-state index >= 15 is 0 Å². The van der Waals surface area contributed by atoms with Gasteiger partial charge in [0.05, 0.1) is 6.20 Å². The lowest BCUT2D eigenvalue weighted by molar-refractivity contribution is -0.0500. The van der Waals surface area contributed by atoms with E-state index < -0.39 is 29.4 Å². The Bertz CT molecular complexity index is 1100. The molecular formula is C20H17F3N4O5S. The number of amidine groups is 1. The van der Waals surface area contributed by atoms with E-state index in [-0.39, 0.29) is 40.3 Å². The van der Waals surface area contributed by atoms with Gasteiger partial charge in [-0.3, -0.25) is 15.1 Å². The Morgan fingerprint density at radius 1 is 1.27 bits per heavy atom. The summed E-state index contributed by atoms with van der Waals surface area (Å²) in [6.45, 7) is -2.44. The summed E-state index contributed by atoms with van der Waals surface area (Å²) in [7, 11) is 0. The zero-order valence-electron chi connectivity index (χ0n) is 16.8. The molecule has 2 aliphatic rings. The lowest BCUT2D eigenvalue weighted by Gasteiger charge is -2.37. The fourth-order valence-electron chi connectivity index (χ4n) is 3.62. The molecule has 0 aliphatic carbocycles. The topological polar surface area (TPSA) is 122 Å². The highest BCUT2D eigenvalue weighted by Gasteiger charge is 2.51. The first-order chi connectivity index (χ1) is 15.8. The molecular weight excluding hydrogens is 465 g/mol. The van der Waals surface area contributed by atoms with Gasteiger partial charge < -0.3 is 19.9 Å². The highest BCUT2D eigenvalue weighted by atomic mass is 32.2. The predicted molar refractivity (Wildman–Crippen MR) is 112 cm³/mol. The number of amides is 2. The molecule has 0 bridgehead atoms. The van der Waals surface area contributed by atoms with E-state index in [9.17, 15) is 22.8 Å². The summed E-state index contributed by atoms with van der Waals surface area (Å²) in [6.07, 6.45) is 0.290. The second-order valence-corrected chi connectivity index (χ2v) is 8.28. The third-order valence-electron chi connectivity index (χ3n) is 5.03. The van der Waals surface area contributed by atoms with Crippen LogP contribution < -0.4 is 15.4 Å². The minimum atomic E-state index is -3.01. The number of ether oxygens (including phenoxy) is 2. The van der Waals surface area contributed by atoms with Gasteiger partial charge >= 0.3 is 12.7 Å². The van der Waals surface area contributed by atoms with Crippen LogP contribution in [0.2, 0.25) is 0 Å². The van der Waals surface area contributed by atoms with Crippen LogP contribution in [0.4, 0.5) is 23.7 Å². The summed E-state index contributed by atoms with van der Waals surface area (Å²) >= 11 is 0.971. The maximum atomic E-state index is 14.9. The smallest absolute Gasteiger partial charge is 0.410 e. The standard InChI is InChI=1S/C20H17F3N4O5S/c21-14-3-1-11(26-16(28)15-4-2-12(9-24-15)32-17(22)23)7-13(14)20-10(5-6-31-20)8-25-18(33-20)27-19(29)30/h1-4,7,9-10,17H,5-6,8H2,(H,25,27)(H,26,28)(H,29,30)/t10-,20-/m0/s1. The molecule has 1 aromatic heterocycles. The average molecular weight is 482 g/mol. The molecule has 33 heavy (non-hydrogen) atoms. The molecule has 3 heterocycles. The number of hydrogen-bond donors (Lipinski definition) is 3. The van der Waals surface area contributed by atoms with Crippen molar-refractivity contribution in [2.75, 3.05) is 18.5 Å². The molecule has 2 atom stereocenters. The van der Waals surface area contributed by atoms with Crippen LogP contribution >= 0.6 is 11.8 Å². The first-order valence-electron chi connectivity index (χ1n) is 9.66. The highest BCUT2D eigenvalue weighted by Crippen LogP contribution is 2.53. The number of pyridine rings is 1. The fraction of sp³-hybridized carbons (Fsp3) is 0.300. The summed E-state index contributed by atoms with van der Waals surface area (Å²) in [4.78, 5) is 30.3. The molecule has 13 heteroatoms. The second kappa shape index (κ2) is 9.27. The summed E-state index contributed by atoms with van der Waals surface area (Å²) in [5, 5.41) is 13.9. The molecule has 1 saturated heterocycles. The highest BCUT2D eigenvalue weighted by molar-refractivity contribution is 8.14. The number of halogens is 3. The number of nitrogens with one attached hydrogen (secondary N) is 2. The van der Waals surface area contributed by atoms with Crippen molar-refractivity contribution < 1.29 is 37.3 Å². The molecule has 9 nitrogen and oxygen atoms in total. The van der Waals surface area contributed by atoms with Crippen molar-refractivity contribution in [2.24, 2.45) is 10.9 Å². The minimum Gasteiger partial charge on any atom is -0.465 e. The third-order valence-corrected chi connectivity index (χ3v) is 6.43. The molecule has 174 valence electrons. The van der Waals surface area contributed by atoms with E-state index in [4.69, 9.17) is 9.84 Å². The Labute approximate surface area is 189 Å². The first kappa shape index (κ1) is 22.9. The lowest BCUT2D eigenvalue weighted by Crippen LogP contribution is -2.41. The number of aliphatic imine (C=N–C) groups is 1. The van der Waals surface area contributed by atoms with Gasteiger partial charge in [0.25, 0.3) is 5.91 Å². The predicted octanol–water partition coefficient (Wildman–Crippen LogP) is 3.63. The van der Waals surface area contributed by atoms with Crippen LogP contribution in [0.3, 0.4) is 0 Å². The monoisotopic (exact) mass is 482 g/mol. The SMILES string of the molecule is O=C(O)NC1=NC[C@@H]2CCO[C@]2(c2cc(NC(=O)c3ccc(OC(F)F)cn3)ccc2F)S1. The van der Waals surface area contributed by atoms with Crippen LogP contribution in [0, 0.1) is 11.7 Å². The van der Waals surface area contributed by atoms with Crippen LogP contribution in [-0.4, -0.2) is 47.0 Å². The zero-order chi connectivity index (χ0) is 23.6. The van der Waals surface area contributed by atoms with E-state index in [2.05, 4.69) is 25.3 Å². The Morgan fingerprint density at radius 2 is 2.09 bits per heavy atom. The normalized spacial score (nSPS) is 21.8. The van der Waals surface area contributed by atoms with Gasteiger partial charge in [-0.25, -0.2) is 14.2 Å². The third kappa shape index (κ3) is 4.88. The van der Waals surface area contributed by atoms with Gasteiger partial charge in [0.1, 0.15) is 17.3 Å². The van der Waals surface area contributed by atoms with Gasteiger partial charge in [0.15, 0.2) is 10.1 Å². The number of anilines is 1. The van der Waals surface area contributed by atoms with Crippen molar-refractivity contribution in [2.45, 2.75) is 18.0 Å².